The second-order valence-electron chi connectivity index (χ2n) is 3.58. The van der Waals surface area contributed by atoms with E-state index in [1.165, 1.54) is 0 Å². The van der Waals surface area contributed by atoms with Gasteiger partial charge in [-0.05, 0) is 19.2 Å². The lowest BCUT2D eigenvalue weighted by Gasteiger charge is -2.19. The highest BCUT2D eigenvalue weighted by Gasteiger charge is 2.22. The van der Waals surface area contributed by atoms with Gasteiger partial charge in [-0.1, -0.05) is 0 Å². The van der Waals surface area contributed by atoms with E-state index in [1.807, 2.05) is 13.1 Å². The van der Waals surface area contributed by atoms with Crippen LogP contribution in [0.25, 0.3) is 0 Å². The molecule has 16 heavy (non-hydrogen) atoms. The zero-order chi connectivity index (χ0) is 11.4. The van der Waals surface area contributed by atoms with Crippen LogP contribution in [0.2, 0.25) is 0 Å². The molecular weight excluding hydrogens is 204 g/mol. The summed E-state index contributed by atoms with van der Waals surface area (Å²) in [6, 6.07) is 1.99. The Bertz CT molecular complexity index is 390. The molecule has 1 aromatic heterocycles. The van der Waals surface area contributed by atoms with Gasteiger partial charge in [-0.25, -0.2) is 0 Å². The molecule has 1 aliphatic rings. The van der Waals surface area contributed by atoms with Crippen LogP contribution in [0.5, 0.6) is 5.75 Å². The second-order valence-corrected chi connectivity index (χ2v) is 3.58. The molecule has 1 aromatic rings. The number of aromatic nitrogens is 1. The van der Waals surface area contributed by atoms with Crippen molar-refractivity contribution in [3.8, 4) is 5.75 Å². The highest BCUT2D eigenvalue weighted by molar-refractivity contribution is 5.37. The maximum absolute atomic E-state index is 5.58. The molecule has 0 bridgehead atoms. The molecular formula is C12H16N2O2. The van der Waals surface area contributed by atoms with E-state index in [-0.39, 0.29) is 6.04 Å². The molecule has 2 heterocycles. The highest BCUT2D eigenvalue weighted by atomic mass is 16.5. The lowest BCUT2D eigenvalue weighted by atomic mass is 10.1. The van der Waals surface area contributed by atoms with Crippen molar-refractivity contribution >= 4 is 0 Å². The van der Waals surface area contributed by atoms with E-state index in [2.05, 4.69) is 16.4 Å². The van der Waals surface area contributed by atoms with Crippen LogP contribution in [0.4, 0.5) is 0 Å². The molecule has 1 N–H and O–H groups in total. The number of nitrogens with one attached hydrogen (secondary N) is 1. The van der Waals surface area contributed by atoms with Crippen molar-refractivity contribution in [3.63, 3.8) is 0 Å². The lowest BCUT2D eigenvalue weighted by Crippen LogP contribution is -2.19. The number of hydrogen-bond donors (Lipinski definition) is 1. The summed E-state index contributed by atoms with van der Waals surface area (Å²) in [4.78, 5) is 4.05. The van der Waals surface area contributed by atoms with E-state index < -0.39 is 0 Å². The van der Waals surface area contributed by atoms with Crippen LogP contribution in [-0.4, -0.2) is 25.7 Å². The largest absolute Gasteiger partial charge is 0.496 e. The van der Waals surface area contributed by atoms with Gasteiger partial charge in [0.1, 0.15) is 11.5 Å². The van der Waals surface area contributed by atoms with Crippen molar-refractivity contribution in [2.45, 2.75) is 12.5 Å². The molecule has 86 valence electrons. The third-order valence-corrected chi connectivity index (χ3v) is 2.65. The molecule has 0 radical (unpaired) electrons. The average molecular weight is 220 g/mol. The van der Waals surface area contributed by atoms with Crippen LogP contribution in [0.3, 0.4) is 0 Å². The molecule has 0 amide bonds. The third-order valence-electron chi connectivity index (χ3n) is 2.65. The van der Waals surface area contributed by atoms with Crippen molar-refractivity contribution < 1.29 is 9.47 Å². The smallest absolute Gasteiger partial charge is 0.142 e. The highest BCUT2D eigenvalue weighted by Crippen LogP contribution is 2.31. The third kappa shape index (κ3) is 2.02. The van der Waals surface area contributed by atoms with Crippen LogP contribution >= 0.6 is 0 Å². The molecule has 1 atom stereocenters. The van der Waals surface area contributed by atoms with E-state index in [0.717, 1.165) is 30.1 Å². The van der Waals surface area contributed by atoms with Crippen LogP contribution in [0.1, 0.15) is 18.0 Å². The fraction of sp³-hybridized carbons (Fsp3) is 0.417. The van der Waals surface area contributed by atoms with Crippen LogP contribution in [-0.2, 0) is 4.74 Å². The van der Waals surface area contributed by atoms with Crippen molar-refractivity contribution in [2.75, 3.05) is 20.8 Å². The zero-order valence-electron chi connectivity index (χ0n) is 9.56. The fourth-order valence-corrected chi connectivity index (χ4v) is 1.89. The van der Waals surface area contributed by atoms with Gasteiger partial charge in [-0.15, -0.1) is 0 Å². The Labute approximate surface area is 95.3 Å². The summed E-state index contributed by atoms with van der Waals surface area (Å²) in [5.74, 6) is 1.74. The minimum absolute atomic E-state index is 0.0421. The summed E-state index contributed by atoms with van der Waals surface area (Å²) in [6.45, 7) is 0.765. The number of methoxy groups -OCH3 is 1. The molecule has 0 saturated heterocycles. The summed E-state index contributed by atoms with van der Waals surface area (Å²) in [6.07, 6.45) is 6.56. The Hall–Kier alpha value is -1.55. The first-order valence-electron chi connectivity index (χ1n) is 5.35. The predicted octanol–water partition coefficient (Wildman–Crippen LogP) is 1.65. The zero-order valence-corrected chi connectivity index (χ0v) is 9.56. The first-order chi connectivity index (χ1) is 7.86. The van der Waals surface area contributed by atoms with E-state index in [9.17, 15) is 0 Å². The Kier molecular flexibility index (Phi) is 3.41. The first kappa shape index (κ1) is 11.0. The van der Waals surface area contributed by atoms with Gasteiger partial charge in [0, 0.05) is 18.2 Å². The molecule has 0 aromatic carbocycles. The quantitative estimate of drug-likeness (QED) is 0.838. The molecule has 1 aliphatic heterocycles. The molecule has 0 fully saturated rings. The molecule has 0 spiro atoms. The van der Waals surface area contributed by atoms with Crippen molar-refractivity contribution in [2.24, 2.45) is 0 Å². The minimum atomic E-state index is 0.0421. The molecule has 4 nitrogen and oxygen atoms in total. The first-order valence-corrected chi connectivity index (χ1v) is 5.35. The van der Waals surface area contributed by atoms with Gasteiger partial charge in [0.25, 0.3) is 0 Å². The van der Waals surface area contributed by atoms with Gasteiger partial charge >= 0.3 is 0 Å². The number of hydrogen-bond acceptors (Lipinski definition) is 4. The van der Waals surface area contributed by atoms with E-state index in [4.69, 9.17) is 9.47 Å². The number of ether oxygens (including phenoxy) is 2. The standard InChI is InChI=1S/C12H16N2O2/c1-13-12(10-4-3-7-16-10)9-5-6-14-8-11(9)15-2/h4-6,8,12-13H,3,7H2,1-2H3. The topological polar surface area (TPSA) is 43.4 Å². The maximum Gasteiger partial charge on any atom is 0.142 e. The summed E-state index contributed by atoms with van der Waals surface area (Å²) in [7, 11) is 3.56. The molecule has 4 heteroatoms. The summed E-state index contributed by atoms with van der Waals surface area (Å²) >= 11 is 0. The van der Waals surface area contributed by atoms with Crippen molar-refractivity contribution in [1.29, 1.82) is 0 Å². The van der Waals surface area contributed by atoms with Gasteiger partial charge in [-0.2, -0.15) is 0 Å². The van der Waals surface area contributed by atoms with Crippen molar-refractivity contribution in [3.05, 3.63) is 35.9 Å². The van der Waals surface area contributed by atoms with Crippen LogP contribution in [0, 0.1) is 0 Å². The van der Waals surface area contributed by atoms with E-state index in [1.54, 1.807) is 19.5 Å². The Morgan fingerprint density at radius 1 is 1.56 bits per heavy atom. The summed E-state index contributed by atoms with van der Waals surface area (Å²) in [5, 5.41) is 3.23. The van der Waals surface area contributed by atoms with Gasteiger partial charge in [0.15, 0.2) is 0 Å². The SMILES string of the molecule is CNC(C1=CCCO1)c1ccncc1OC. The molecule has 0 saturated carbocycles. The molecule has 0 aliphatic carbocycles. The lowest BCUT2D eigenvalue weighted by molar-refractivity contribution is 0.216. The minimum Gasteiger partial charge on any atom is -0.496 e. The number of rotatable bonds is 4. The van der Waals surface area contributed by atoms with Gasteiger partial charge < -0.3 is 14.8 Å². The van der Waals surface area contributed by atoms with E-state index in [0.29, 0.717) is 0 Å². The summed E-state index contributed by atoms with van der Waals surface area (Å²) in [5.41, 5.74) is 1.05. The Morgan fingerprint density at radius 3 is 3.06 bits per heavy atom. The number of pyridine rings is 1. The normalized spacial score (nSPS) is 16.5. The molecule has 1 unspecified atom stereocenters. The average Bonchev–Trinajstić information content (AvgIpc) is 2.84. The second kappa shape index (κ2) is 4.99. The van der Waals surface area contributed by atoms with E-state index >= 15 is 0 Å². The van der Waals surface area contributed by atoms with Gasteiger partial charge in [0.2, 0.25) is 0 Å². The summed E-state index contributed by atoms with van der Waals surface area (Å²) < 4.78 is 10.9. The van der Waals surface area contributed by atoms with Gasteiger partial charge in [-0.3, -0.25) is 4.98 Å². The number of nitrogens with zero attached hydrogens (tertiary/aromatic N) is 1. The van der Waals surface area contributed by atoms with Crippen LogP contribution < -0.4 is 10.1 Å². The Morgan fingerprint density at radius 2 is 2.44 bits per heavy atom. The van der Waals surface area contributed by atoms with Crippen LogP contribution in [0.15, 0.2) is 30.3 Å². The monoisotopic (exact) mass is 220 g/mol. The van der Waals surface area contributed by atoms with Crippen molar-refractivity contribution in [1.82, 2.24) is 10.3 Å². The maximum atomic E-state index is 5.58. The Balaban J connectivity index is 2.32. The predicted molar refractivity (Wildman–Crippen MR) is 61.2 cm³/mol. The molecule has 2 rings (SSSR count). The number of likely N-dealkylation sites (N-methyl/N-ethyl adjacent to an activating group) is 1. The van der Waals surface area contributed by atoms with Gasteiger partial charge in [0.05, 0.1) is 26.0 Å². The fourth-order valence-electron chi connectivity index (χ4n) is 1.89.